The summed E-state index contributed by atoms with van der Waals surface area (Å²) in [5, 5.41) is 3.43. The maximum absolute atomic E-state index is 8.02. The third-order valence-electron chi connectivity index (χ3n) is 1.97. The SMILES string of the molecule is [N-]=[N+]=NC/C=C\C1CC=CCC1. The van der Waals surface area contributed by atoms with Crippen molar-refractivity contribution in [1.82, 2.24) is 0 Å². The van der Waals surface area contributed by atoms with E-state index in [1.807, 2.05) is 6.08 Å². The number of azide groups is 1. The maximum Gasteiger partial charge on any atom is 0.0440 e. The normalized spacial score (nSPS) is 22.5. The monoisotopic (exact) mass is 163 g/mol. The minimum atomic E-state index is 0.483. The Kier molecular flexibility index (Phi) is 4.03. The van der Waals surface area contributed by atoms with Crippen molar-refractivity contribution in [3.63, 3.8) is 0 Å². The van der Waals surface area contributed by atoms with E-state index in [9.17, 15) is 0 Å². The van der Waals surface area contributed by atoms with E-state index in [4.69, 9.17) is 5.53 Å². The van der Waals surface area contributed by atoms with Gasteiger partial charge in [-0.05, 0) is 30.7 Å². The third kappa shape index (κ3) is 3.26. The van der Waals surface area contributed by atoms with Crippen LogP contribution in [0.15, 0.2) is 29.4 Å². The van der Waals surface area contributed by atoms with E-state index in [2.05, 4.69) is 28.3 Å². The molecular formula is C9H13N3. The van der Waals surface area contributed by atoms with E-state index in [0.717, 1.165) is 6.42 Å². The smallest absolute Gasteiger partial charge is 0.0440 e. The fourth-order valence-electron chi connectivity index (χ4n) is 1.33. The molecule has 1 unspecified atom stereocenters. The molecule has 0 aromatic carbocycles. The molecule has 0 aromatic heterocycles. The van der Waals surface area contributed by atoms with Gasteiger partial charge in [-0.15, -0.1) is 0 Å². The second-order valence-electron chi connectivity index (χ2n) is 2.89. The number of hydrogen-bond donors (Lipinski definition) is 0. The van der Waals surface area contributed by atoms with Gasteiger partial charge in [0.2, 0.25) is 0 Å². The van der Waals surface area contributed by atoms with Crippen molar-refractivity contribution < 1.29 is 0 Å². The van der Waals surface area contributed by atoms with Gasteiger partial charge in [0, 0.05) is 11.5 Å². The summed E-state index contributed by atoms with van der Waals surface area (Å²) in [5.74, 6) is 0.656. The lowest BCUT2D eigenvalue weighted by Crippen LogP contribution is -1.97. The van der Waals surface area contributed by atoms with Crippen molar-refractivity contribution in [2.45, 2.75) is 19.3 Å². The molecule has 0 spiro atoms. The predicted molar refractivity (Wildman–Crippen MR) is 49.6 cm³/mol. The molecule has 3 heteroatoms. The summed E-state index contributed by atoms with van der Waals surface area (Å²) in [7, 11) is 0. The molecule has 0 bridgehead atoms. The lowest BCUT2D eigenvalue weighted by Gasteiger charge is -2.12. The Morgan fingerprint density at radius 3 is 3.17 bits per heavy atom. The van der Waals surface area contributed by atoms with Gasteiger partial charge in [-0.1, -0.05) is 29.4 Å². The molecule has 0 saturated carbocycles. The van der Waals surface area contributed by atoms with Crippen molar-refractivity contribution in [2.24, 2.45) is 11.0 Å². The zero-order chi connectivity index (χ0) is 8.65. The predicted octanol–water partition coefficient (Wildman–Crippen LogP) is 3.21. The number of rotatable bonds is 3. The fraction of sp³-hybridized carbons (Fsp3) is 0.556. The molecule has 0 saturated heterocycles. The second kappa shape index (κ2) is 5.44. The van der Waals surface area contributed by atoms with Crippen LogP contribution in [-0.2, 0) is 0 Å². The van der Waals surface area contributed by atoms with Crippen molar-refractivity contribution in [1.29, 1.82) is 0 Å². The molecule has 0 fully saturated rings. The molecule has 1 rings (SSSR count). The van der Waals surface area contributed by atoms with Crippen molar-refractivity contribution in [2.75, 3.05) is 6.54 Å². The molecule has 0 radical (unpaired) electrons. The zero-order valence-electron chi connectivity index (χ0n) is 7.06. The van der Waals surface area contributed by atoms with Gasteiger partial charge in [-0.3, -0.25) is 0 Å². The van der Waals surface area contributed by atoms with Gasteiger partial charge in [0.1, 0.15) is 0 Å². The number of allylic oxidation sites excluding steroid dienone is 3. The molecule has 12 heavy (non-hydrogen) atoms. The first kappa shape index (κ1) is 8.88. The van der Waals surface area contributed by atoms with Crippen LogP contribution in [0.2, 0.25) is 0 Å². The van der Waals surface area contributed by atoms with E-state index in [-0.39, 0.29) is 0 Å². The Morgan fingerprint density at radius 2 is 2.50 bits per heavy atom. The molecule has 0 heterocycles. The van der Waals surface area contributed by atoms with Gasteiger partial charge in [0.25, 0.3) is 0 Å². The Bertz CT molecular complexity index is 224. The average molecular weight is 163 g/mol. The van der Waals surface area contributed by atoms with E-state index in [1.165, 1.54) is 12.8 Å². The molecule has 1 atom stereocenters. The standard InChI is InChI=1S/C9H13N3/c10-12-11-8-4-7-9-5-2-1-3-6-9/h1-2,4,7,9H,3,5-6,8H2/b7-4-. The minimum absolute atomic E-state index is 0.483. The summed E-state index contributed by atoms with van der Waals surface area (Å²) in [6, 6.07) is 0. The van der Waals surface area contributed by atoms with Gasteiger partial charge >= 0.3 is 0 Å². The molecule has 0 aromatic rings. The summed E-state index contributed by atoms with van der Waals surface area (Å²) in [6.45, 7) is 0.483. The van der Waals surface area contributed by atoms with E-state index >= 15 is 0 Å². The molecule has 64 valence electrons. The Hall–Kier alpha value is -1.21. The van der Waals surface area contributed by atoms with Gasteiger partial charge in [-0.25, -0.2) is 0 Å². The van der Waals surface area contributed by atoms with Gasteiger partial charge in [0.15, 0.2) is 0 Å². The van der Waals surface area contributed by atoms with Crippen molar-refractivity contribution in [3.8, 4) is 0 Å². The van der Waals surface area contributed by atoms with Crippen LogP contribution in [0.3, 0.4) is 0 Å². The summed E-state index contributed by atoms with van der Waals surface area (Å²) in [6.07, 6.45) is 12.1. The second-order valence-corrected chi connectivity index (χ2v) is 2.89. The van der Waals surface area contributed by atoms with Gasteiger partial charge in [0.05, 0.1) is 0 Å². The van der Waals surface area contributed by atoms with Crippen molar-refractivity contribution >= 4 is 0 Å². The van der Waals surface area contributed by atoms with Crippen molar-refractivity contribution in [3.05, 3.63) is 34.7 Å². The van der Waals surface area contributed by atoms with Crippen LogP contribution in [0.1, 0.15) is 19.3 Å². The molecule has 0 aliphatic heterocycles. The highest BCUT2D eigenvalue weighted by Gasteiger charge is 2.04. The summed E-state index contributed by atoms with van der Waals surface area (Å²) in [4.78, 5) is 2.68. The number of nitrogens with zero attached hydrogens (tertiary/aromatic N) is 3. The highest BCUT2D eigenvalue weighted by atomic mass is 15.1. The van der Waals surface area contributed by atoms with Crippen LogP contribution in [0.5, 0.6) is 0 Å². The van der Waals surface area contributed by atoms with Crippen LogP contribution in [0, 0.1) is 5.92 Å². The first-order chi connectivity index (χ1) is 5.93. The van der Waals surface area contributed by atoms with E-state index < -0.39 is 0 Å². The largest absolute Gasteiger partial charge is 0.0899 e. The molecule has 0 N–H and O–H groups in total. The van der Waals surface area contributed by atoms with Gasteiger partial charge in [-0.2, -0.15) is 0 Å². The summed E-state index contributed by atoms with van der Waals surface area (Å²) in [5.41, 5.74) is 8.02. The molecule has 1 aliphatic carbocycles. The fourth-order valence-corrected chi connectivity index (χ4v) is 1.33. The minimum Gasteiger partial charge on any atom is -0.0899 e. The highest BCUT2D eigenvalue weighted by molar-refractivity contribution is 4.99. The Balaban J connectivity index is 2.25. The molecular weight excluding hydrogens is 150 g/mol. The van der Waals surface area contributed by atoms with Crippen LogP contribution in [-0.4, -0.2) is 6.54 Å². The maximum atomic E-state index is 8.02. The van der Waals surface area contributed by atoms with Crippen LogP contribution in [0.25, 0.3) is 10.4 Å². The van der Waals surface area contributed by atoms with E-state index in [1.54, 1.807) is 0 Å². The summed E-state index contributed by atoms with van der Waals surface area (Å²) < 4.78 is 0. The third-order valence-corrected chi connectivity index (χ3v) is 1.97. The lowest BCUT2D eigenvalue weighted by molar-refractivity contribution is 0.582. The summed E-state index contributed by atoms with van der Waals surface area (Å²) >= 11 is 0. The van der Waals surface area contributed by atoms with E-state index in [0.29, 0.717) is 12.5 Å². The van der Waals surface area contributed by atoms with Gasteiger partial charge < -0.3 is 0 Å². The quantitative estimate of drug-likeness (QED) is 0.265. The van der Waals surface area contributed by atoms with Crippen LogP contribution >= 0.6 is 0 Å². The average Bonchev–Trinajstić information content (AvgIpc) is 2.14. The Labute approximate surface area is 72.4 Å². The lowest BCUT2D eigenvalue weighted by atomic mass is 9.94. The van der Waals surface area contributed by atoms with Crippen LogP contribution < -0.4 is 0 Å². The molecule has 3 nitrogen and oxygen atoms in total. The topological polar surface area (TPSA) is 48.8 Å². The molecule has 1 aliphatic rings. The highest BCUT2D eigenvalue weighted by Crippen LogP contribution is 2.18. The first-order valence-electron chi connectivity index (χ1n) is 4.26. The zero-order valence-corrected chi connectivity index (χ0v) is 7.06. The number of hydrogen-bond acceptors (Lipinski definition) is 1. The first-order valence-corrected chi connectivity index (χ1v) is 4.26. The molecule has 0 amide bonds. The Morgan fingerprint density at radius 1 is 1.58 bits per heavy atom. The van der Waals surface area contributed by atoms with Crippen LogP contribution in [0.4, 0.5) is 0 Å².